The molecular formula is C36H59FN6O7. The lowest BCUT2D eigenvalue weighted by Crippen LogP contribution is -2.60. The molecule has 0 aromatic heterocycles. The van der Waals surface area contributed by atoms with Crippen LogP contribution in [-0.2, 0) is 40.1 Å². The highest BCUT2D eigenvalue weighted by Gasteiger charge is 2.38. The molecule has 0 fully saturated rings. The van der Waals surface area contributed by atoms with E-state index >= 15 is 0 Å². The molecule has 0 bridgehead atoms. The van der Waals surface area contributed by atoms with Gasteiger partial charge in [-0.3, -0.25) is 28.4 Å². The summed E-state index contributed by atoms with van der Waals surface area (Å²) in [5.74, 6) is -4.68. The molecule has 282 valence electrons. The van der Waals surface area contributed by atoms with Gasteiger partial charge in [-0.05, 0) is 43.6 Å². The number of hydrogen-bond acceptors (Lipinski definition) is 8. The molecule has 1 aromatic rings. The van der Waals surface area contributed by atoms with Gasteiger partial charge in [0.15, 0.2) is 0 Å². The zero-order valence-corrected chi connectivity index (χ0v) is 31.4. The van der Waals surface area contributed by atoms with Crippen molar-refractivity contribution in [3.8, 4) is 0 Å². The molecule has 2 unspecified atom stereocenters. The second-order valence-electron chi connectivity index (χ2n) is 13.9. The Kier molecular flexibility index (Phi) is 18.6. The minimum absolute atomic E-state index is 0.0244. The standard InChI is InChI=1S/C36H59FN6O7/c1-11-27(38)34(47)41(8)20-30(44)42(9)28(17-22(2)3)33(46)40-31(24(6)19-37)35(48)43(10)29(18-23(4)5)32(45)39-25(7)36(49)50-21-26-15-13-12-14-16-26/h12-16,22-25,27-29,31H,11,17-21,38H2,1-10H3,(H,39,45)(H,40,46)/t24?,25-,27?,28-,29-,31-/m0/s1. The fraction of sp³-hybridized carbons (Fsp3) is 0.667. The lowest BCUT2D eigenvalue weighted by molar-refractivity contribution is -0.150. The van der Waals surface area contributed by atoms with Gasteiger partial charge in [-0.15, -0.1) is 0 Å². The average Bonchev–Trinajstić information content (AvgIpc) is 3.08. The second-order valence-corrected chi connectivity index (χ2v) is 13.9. The summed E-state index contributed by atoms with van der Waals surface area (Å²) in [4.78, 5) is 83.3. The Morgan fingerprint density at radius 2 is 1.32 bits per heavy atom. The highest BCUT2D eigenvalue weighted by molar-refractivity contribution is 5.95. The summed E-state index contributed by atoms with van der Waals surface area (Å²) in [5, 5.41) is 5.29. The largest absolute Gasteiger partial charge is 0.459 e. The number of carbonyl (C=O) groups is 6. The lowest BCUT2D eigenvalue weighted by Gasteiger charge is -2.35. The predicted octanol–water partition coefficient (Wildman–Crippen LogP) is 2.27. The van der Waals surface area contributed by atoms with Gasteiger partial charge in [-0.2, -0.15) is 0 Å². The Bertz CT molecular complexity index is 1280. The van der Waals surface area contributed by atoms with Crippen LogP contribution < -0.4 is 16.4 Å². The van der Waals surface area contributed by atoms with Crippen LogP contribution in [0.1, 0.15) is 73.3 Å². The molecule has 0 radical (unpaired) electrons. The van der Waals surface area contributed by atoms with Crippen LogP contribution in [-0.4, -0.2) is 115 Å². The number of nitrogens with zero attached hydrogens (tertiary/aromatic N) is 3. The molecule has 0 saturated carbocycles. The van der Waals surface area contributed by atoms with Crippen LogP contribution in [0.3, 0.4) is 0 Å². The molecule has 1 rings (SSSR count). The summed E-state index contributed by atoms with van der Waals surface area (Å²) < 4.78 is 19.5. The van der Waals surface area contributed by atoms with Gasteiger partial charge in [0.25, 0.3) is 0 Å². The summed E-state index contributed by atoms with van der Waals surface area (Å²) in [6.07, 6.45) is 0.825. The third-order valence-electron chi connectivity index (χ3n) is 8.49. The van der Waals surface area contributed by atoms with E-state index < -0.39 is 78.3 Å². The quantitative estimate of drug-likeness (QED) is 0.173. The summed E-state index contributed by atoms with van der Waals surface area (Å²) in [5.41, 5.74) is 6.62. The van der Waals surface area contributed by atoms with Gasteiger partial charge in [0.05, 0.1) is 19.3 Å². The van der Waals surface area contributed by atoms with E-state index in [0.29, 0.717) is 6.42 Å². The topological polar surface area (TPSA) is 171 Å². The molecule has 0 aliphatic rings. The number of likely N-dealkylation sites (N-methyl/N-ethyl adjacent to an activating group) is 3. The van der Waals surface area contributed by atoms with E-state index in [1.54, 1.807) is 19.1 Å². The smallest absolute Gasteiger partial charge is 0.328 e. The number of rotatable bonds is 20. The Morgan fingerprint density at radius 1 is 0.800 bits per heavy atom. The van der Waals surface area contributed by atoms with Gasteiger partial charge in [0, 0.05) is 27.1 Å². The van der Waals surface area contributed by atoms with Crippen molar-refractivity contribution in [3.05, 3.63) is 35.9 Å². The first-order chi connectivity index (χ1) is 23.4. The molecule has 13 nitrogen and oxygen atoms in total. The van der Waals surface area contributed by atoms with Gasteiger partial charge < -0.3 is 35.8 Å². The van der Waals surface area contributed by atoms with Crippen LogP contribution in [0.4, 0.5) is 4.39 Å². The number of esters is 1. The molecule has 1 aromatic carbocycles. The Labute approximate surface area is 296 Å². The van der Waals surface area contributed by atoms with E-state index in [1.807, 2.05) is 45.9 Å². The van der Waals surface area contributed by atoms with E-state index in [1.165, 1.54) is 49.7 Å². The maximum atomic E-state index is 14.2. The molecule has 0 aliphatic heterocycles. The molecule has 4 N–H and O–H groups in total. The van der Waals surface area contributed by atoms with E-state index in [-0.39, 0.29) is 37.8 Å². The van der Waals surface area contributed by atoms with Crippen molar-refractivity contribution >= 4 is 35.5 Å². The minimum Gasteiger partial charge on any atom is -0.459 e. The van der Waals surface area contributed by atoms with Crippen molar-refractivity contribution in [2.45, 2.75) is 105 Å². The fourth-order valence-electron chi connectivity index (χ4n) is 5.18. The van der Waals surface area contributed by atoms with Gasteiger partial charge in [-0.1, -0.05) is 71.9 Å². The number of benzene rings is 1. The lowest BCUT2D eigenvalue weighted by atomic mass is 9.96. The van der Waals surface area contributed by atoms with Crippen molar-refractivity contribution in [2.75, 3.05) is 34.4 Å². The van der Waals surface area contributed by atoms with Gasteiger partial charge in [0.2, 0.25) is 29.5 Å². The molecule has 6 atom stereocenters. The van der Waals surface area contributed by atoms with Crippen LogP contribution in [0.2, 0.25) is 0 Å². The zero-order valence-electron chi connectivity index (χ0n) is 31.4. The minimum atomic E-state index is -1.38. The number of alkyl halides is 1. The van der Waals surface area contributed by atoms with Crippen LogP contribution in [0.15, 0.2) is 30.3 Å². The van der Waals surface area contributed by atoms with Crippen LogP contribution in [0, 0.1) is 17.8 Å². The first-order valence-electron chi connectivity index (χ1n) is 17.3. The molecule has 5 amide bonds. The van der Waals surface area contributed by atoms with Crippen molar-refractivity contribution in [1.82, 2.24) is 25.3 Å². The summed E-state index contributed by atoms with van der Waals surface area (Å²) >= 11 is 0. The summed E-state index contributed by atoms with van der Waals surface area (Å²) in [7, 11) is 4.28. The number of amides is 5. The van der Waals surface area contributed by atoms with Crippen molar-refractivity contribution in [1.29, 1.82) is 0 Å². The molecule has 0 saturated heterocycles. The Morgan fingerprint density at radius 3 is 1.82 bits per heavy atom. The predicted molar refractivity (Wildman–Crippen MR) is 189 cm³/mol. The molecule has 0 aliphatic carbocycles. The fourth-order valence-corrected chi connectivity index (χ4v) is 5.18. The number of nitrogens with two attached hydrogens (primary N) is 1. The number of carbonyl (C=O) groups excluding carboxylic acids is 6. The number of nitrogens with one attached hydrogen (secondary N) is 2. The Balaban J connectivity index is 3.20. The normalized spacial score (nSPS) is 14.8. The molecule has 0 spiro atoms. The monoisotopic (exact) mass is 706 g/mol. The van der Waals surface area contributed by atoms with Crippen molar-refractivity contribution < 1.29 is 37.9 Å². The molecule has 14 heteroatoms. The first kappa shape index (κ1) is 44.0. The van der Waals surface area contributed by atoms with E-state index in [2.05, 4.69) is 10.6 Å². The van der Waals surface area contributed by atoms with Gasteiger partial charge >= 0.3 is 5.97 Å². The zero-order chi connectivity index (χ0) is 38.3. The first-order valence-corrected chi connectivity index (χ1v) is 17.3. The maximum absolute atomic E-state index is 14.2. The number of hydrogen-bond donors (Lipinski definition) is 3. The average molecular weight is 707 g/mol. The SMILES string of the molecule is CCC(N)C(=O)N(C)CC(=O)N(C)[C@@H](CC(C)C)C(=O)N[C@H](C(=O)N(C)[C@@H](CC(C)C)C(=O)N[C@@H](C)C(=O)OCc1ccccc1)C(C)CF. The van der Waals surface area contributed by atoms with Crippen LogP contribution in [0.25, 0.3) is 0 Å². The van der Waals surface area contributed by atoms with Crippen molar-refractivity contribution in [3.63, 3.8) is 0 Å². The third-order valence-corrected chi connectivity index (χ3v) is 8.49. The third kappa shape index (κ3) is 13.7. The maximum Gasteiger partial charge on any atom is 0.328 e. The second kappa shape index (κ2) is 21.2. The molecular weight excluding hydrogens is 647 g/mol. The van der Waals surface area contributed by atoms with E-state index in [9.17, 15) is 33.2 Å². The highest BCUT2D eigenvalue weighted by atomic mass is 19.1. The molecule has 0 heterocycles. The van der Waals surface area contributed by atoms with Crippen LogP contribution in [0.5, 0.6) is 0 Å². The Hall–Kier alpha value is -4.07. The number of ether oxygens (including phenoxy) is 1. The van der Waals surface area contributed by atoms with E-state index in [0.717, 1.165) is 5.56 Å². The molecule has 50 heavy (non-hydrogen) atoms. The van der Waals surface area contributed by atoms with Gasteiger partial charge in [0.1, 0.15) is 30.8 Å². The van der Waals surface area contributed by atoms with Crippen molar-refractivity contribution in [2.24, 2.45) is 23.5 Å². The highest BCUT2D eigenvalue weighted by Crippen LogP contribution is 2.18. The van der Waals surface area contributed by atoms with E-state index in [4.69, 9.17) is 10.5 Å². The van der Waals surface area contributed by atoms with Gasteiger partial charge in [-0.25, -0.2) is 4.79 Å². The summed E-state index contributed by atoms with van der Waals surface area (Å²) in [6, 6.07) is 3.79. The van der Waals surface area contributed by atoms with Crippen LogP contribution >= 0.6 is 0 Å². The number of halogens is 1. The summed E-state index contributed by atoms with van der Waals surface area (Å²) in [6.45, 7) is 10.9.